The molecule has 1 atom stereocenters. The third-order valence-corrected chi connectivity index (χ3v) is 7.22. The Bertz CT molecular complexity index is 1240. The second-order valence-electron chi connectivity index (χ2n) is 7.13. The third-order valence-electron chi connectivity index (χ3n) is 5.36. The van der Waals surface area contributed by atoms with Crippen molar-refractivity contribution in [2.24, 2.45) is 0 Å². The van der Waals surface area contributed by atoms with E-state index < -0.39 is 39.4 Å². The van der Waals surface area contributed by atoms with E-state index in [1.807, 2.05) is 0 Å². The molecule has 160 valence electrons. The maximum absolute atomic E-state index is 13.2. The first-order chi connectivity index (χ1) is 14.8. The summed E-state index contributed by atoms with van der Waals surface area (Å²) < 4.78 is 30.8. The smallest absolute Gasteiger partial charge is 0.308 e. The normalized spacial score (nSPS) is 19.1. The molecule has 2 amide bonds. The van der Waals surface area contributed by atoms with Crippen molar-refractivity contribution >= 4 is 33.4 Å². The highest BCUT2D eigenvalue weighted by Crippen LogP contribution is 2.35. The maximum Gasteiger partial charge on any atom is 0.308 e. The van der Waals surface area contributed by atoms with Crippen LogP contribution >= 0.6 is 0 Å². The molecular weight excluding hydrogens is 424 g/mol. The zero-order valence-corrected chi connectivity index (χ0v) is 17.3. The van der Waals surface area contributed by atoms with E-state index in [9.17, 15) is 27.6 Å². The average Bonchev–Trinajstić information content (AvgIpc) is 2.78. The second kappa shape index (κ2) is 7.62. The molecule has 2 aromatic rings. The number of piperazine rings is 1. The Labute approximate surface area is 177 Å². The first kappa shape index (κ1) is 20.7. The maximum atomic E-state index is 13.2. The molecule has 10 heteroatoms. The van der Waals surface area contributed by atoms with E-state index in [1.165, 1.54) is 42.3 Å². The quantitative estimate of drug-likeness (QED) is 0.588. The summed E-state index contributed by atoms with van der Waals surface area (Å²) in [4.78, 5) is 50.7. The van der Waals surface area contributed by atoms with Gasteiger partial charge in [-0.15, -0.1) is 0 Å². The molecule has 2 aliphatic heterocycles. The minimum Gasteiger partial charge on any atom is -0.469 e. The van der Waals surface area contributed by atoms with Crippen LogP contribution in [0.5, 0.6) is 0 Å². The van der Waals surface area contributed by atoms with Gasteiger partial charge in [-0.1, -0.05) is 12.1 Å². The molecule has 2 heterocycles. The van der Waals surface area contributed by atoms with E-state index in [0.29, 0.717) is 0 Å². The Balaban J connectivity index is 1.74. The number of carbonyl (C=O) groups excluding carboxylic acids is 4. The zero-order valence-electron chi connectivity index (χ0n) is 16.5. The van der Waals surface area contributed by atoms with E-state index in [4.69, 9.17) is 0 Å². The lowest BCUT2D eigenvalue weighted by Crippen LogP contribution is -2.57. The van der Waals surface area contributed by atoms with Gasteiger partial charge in [0.15, 0.2) is 5.78 Å². The molecule has 0 aromatic heterocycles. The predicted octanol–water partition coefficient (Wildman–Crippen LogP) is 0.568. The van der Waals surface area contributed by atoms with Gasteiger partial charge in [0.05, 0.1) is 23.3 Å². The molecule has 1 saturated heterocycles. The number of nitrogens with one attached hydrogen (secondary N) is 1. The lowest BCUT2D eigenvalue weighted by Gasteiger charge is -2.34. The minimum atomic E-state index is -4.01. The van der Waals surface area contributed by atoms with Crippen LogP contribution in [0.1, 0.15) is 32.7 Å². The molecule has 9 nitrogen and oxygen atoms in total. The molecule has 0 aliphatic carbocycles. The molecule has 2 aromatic carbocycles. The van der Waals surface area contributed by atoms with Crippen LogP contribution < -0.4 is 5.32 Å². The summed E-state index contributed by atoms with van der Waals surface area (Å²) in [6.45, 7) is 0.329. The topological polar surface area (TPSA) is 127 Å². The fourth-order valence-electron chi connectivity index (χ4n) is 3.79. The summed E-state index contributed by atoms with van der Waals surface area (Å²) in [6.07, 6.45) is -0.330. The van der Waals surface area contributed by atoms with Gasteiger partial charge in [-0.25, -0.2) is 8.42 Å². The molecule has 0 saturated carbocycles. The van der Waals surface area contributed by atoms with E-state index in [-0.39, 0.29) is 46.0 Å². The van der Waals surface area contributed by atoms with Crippen LogP contribution in [0.4, 0.5) is 0 Å². The number of fused-ring (bicyclic) bond motifs is 2. The van der Waals surface area contributed by atoms with Gasteiger partial charge >= 0.3 is 5.97 Å². The standard InChI is InChI=1S/C21H18N2O7S/c1-30-18(24)11-15-20(26)22-8-9-23(15)21(27)12-6-7-14-17(10-12)31(28,29)16-5-3-2-4-13(16)19(14)25/h2-7,10,15H,8-9,11H2,1H3,(H,22,26)/t15-/m0/s1. The van der Waals surface area contributed by atoms with Gasteiger partial charge in [-0.3, -0.25) is 19.2 Å². The average molecular weight is 442 g/mol. The van der Waals surface area contributed by atoms with Gasteiger partial charge < -0.3 is 15.0 Å². The largest absolute Gasteiger partial charge is 0.469 e. The number of ether oxygens (including phenoxy) is 1. The lowest BCUT2D eigenvalue weighted by molar-refractivity contribution is -0.145. The summed E-state index contributed by atoms with van der Waals surface area (Å²) in [7, 11) is -2.83. The van der Waals surface area contributed by atoms with Crippen molar-refractivity contribution in [3.8, 4) is 0 Å². The molecule has 31 heavy (non-hydrogen) atoms. The molecule has 1 N–H and O–H groups in total. The third kappa shape index (κ3) is 3.38. The number of carbonyl (C=O) groups is 4. The van der Waals surface area contributed by atoms with Gasteiger partial charge in [0.25, 0.3) is 5.91 Å². The fraction of sp³-hybridized carbons (Fsp3) is 0.238. The number of amides is 2. The van der Waals surface area contributed by atoms with Crippen LogP contribution in [0.15, 0.2) is 52.3 Å². The molecule has 0 radical (unpaired) electrons. The fourth-order valence-corrected chi connectivity index (χ4v) is 5.46. The van der Waals surface area contributed by atoms with Crippen molar-refractivity contribution < 1.29 is 32.3 Å². The van der Waals surface area contributed by atoms with E-state index in [0.717, 1.165) is 6.07 Å². The Kier molecular flexibility index (Phi) is 5.10. The van der Waals surface area contributed by atoms with E-state index in [2.05, 4.69) is 10.1 Å². The van der Waals surface area contributed by atoms with Crippen molar-refractivity contribution in [3.63, 3.8) is 0 Å². The predicted molar refractivity (Wildman–Crippen MR) is 106 cm³/mol. The van der Waals surface area contributed by atoms with Crippen molar-refractivity contribution in [1.29, 1.82) is 0 Å². The van der Waals surface area contributed by atoms with Gasteiger partial charge in [-0.2, -0.15) is 0 Å². The summed E-state index contributed by atoms with van der Waals surface area (Å²) in [5.74, 6) is -2.22. The number of rotatable bonds is 3. The second-order valence-corrected chi connectivity index (χ2v) is 9.01. The first-order valence-electron chi connectivity index (χ1n) is 9.44. The Morgan fingerprint density at radius 1 is 1.10 bits per heavy atom. The Morgan fingerprint density at radius 3 is 2.55 bits per heavy atom. The van der Waals surface area contributed by atoms with Crippen molar-refractivity contribution in [1.82, 2.24) is 10.2 Å². The van der Waals surface area contributed by atoms with Gasteiger partial charge in [0, 0.05) is 29.8 Å². The SMILES string of the molecule is COC(=O)C[C@H]1C(=O)NCCN1C(=O)c1ccc2c(c1)S(=O)(=O)c1ccccc1C2=O. The van der Waals surface area contributed by atoms with Crippen molar-refractivity contribution in [3.05, 3.63) is 59.2 Å². The molecule has 2 aliphatic rings. The number of nitrogens with zero attached hydrogens (tertiary/aromatic N) is 1. The van der Waals surface area contributed by atoms with Gasteiger partial charge in [0.1, 0.15) is 6.04 Å². The van der Waals surface area contributed by atoms with Crippen molar-refractivity contribution in [2.45, 2.75) is 22.3 Å². The highest BCUT2D eigenvalue weighted by molar-refractivity contribution is 7.91. The minimum absolute atomic E-state index is 0.000859. The number of ketones is 1. The van der Waals surface area contributed by atoms with Gasteiger partial charge in [-0.05, 0) is 30.3 Å². The number of esters is 1. The van der Waals surface area contributed by atoms with Crippen molar-refractivity contribution in [2.75, 3.05) is 20.2 Å². The summed E-state index contributed by atoms with van der Waals surface area (Å²) in [5.41, 5.74) is 0.0664. The molecule has 0 unspecified atom stereocenters. The molecule has 1 fully saturated rings. The van der Waals surface area contributed by atoms with Crippen LogP contribution in [0.2, 0.25) is 0 Å². The van der Waals surface area contributed by atoms with Crippen LogP contribution in [0.25, 0.3) is 0 Å². The first-order valence-corrected chi connectivity index (χ1v) is 10.9. The number of hydrogen-bond donors (Lipinski definition) is 1. The molecular formula is C21H18N2O7S. The van der Waals surface area contributed by atoms with E-state index in [1.54, 1.807) is 6.07 Å². The summed E-state index contributed by atoms with van der Waals surface area (Å²) in [5, 5.41) is 2.60. The van der Waals surface area contributed by atoms with Crippen LogP contribution in [-0.2, 0) is 24.2 Å². The monoisotopic (exact) mass is 442 g/mol. The van der Waals surface area contributed by atoms with Crippen LogP contribution in [0, 0.1) is 0 Å². The summed E-state index contributed by atoms with van der Waals surface area (Å²) in [6, 6.07) is 8.63. The van der Waals surface area contributed by atoms with Crippen LogP contribution in [0.3, 0.4) is 0 Å². The molecule has 0 bridgehead atoms. The highest BCUT2D eigenvalue weighted by atomic mass is 32.2. The highest BCUT2D eigenvalue weighted by Gasteiger charge is 2.38. The lowest BCUT2D eigenvalue weighted by atomic mass is 10.00. The molecule has 0 spiro atoms. The number of methoxy groups -OCH3 is 1. The molecule has 4 rings (SSSR count). The number of benzene rings is 2. The number of sulfone groups is 1. The Hall–Kier alpha value is -3.53. The van der Waals surface area contributed by atoms with Gasteiger partial charge in [0.2, 0.25) is 15.7 Å². The van der Waals surface area contributed by atoms with E-state index >= 15 is 0 Å². The zero-order chi connectivity index (χ0) is 22.3. The summed E-state index contributed by atoms with van der Waals surface area (Å²) >= 11 is 0. The Morgan fingerprint density at radius 2 is 1.81 bits per heavy atom. The number of hydrogen-bond acceptors (Lipinski definition) is 7. The van der Waals surface area contributed by atoms with Crippen LogP contribution in [-0.4, -0.2) is 63.1 Å².